The summed E-state index contributed by atoms with van der Waals surface area (Å²) in [6.07, 6.45) is 2.40. The van der Waals surface area contributed by atoms with Crippen LogP contribution in [0.3, 0.4) is 0 Å². The number of fused-ring (bicyclic) bond motifs is 1. The maximum absolute atomic E-state index is 13.0. The van der Waals surface area contributed by atoms with Crippen molar-refractivity contribution in [2.45, 2.75) is 57.5 Å². The zero-order valence-corrected chi connectivity index (χ0v) is 44.3. The molecule has 398 valence electrons. The molecule has 1 saturated heterocycles. The van der Waals surface area contributed by atoms with Crippen LogP contribution in [0.1, 0.15) is 60.1 Å². The van der Waals surface area contributed by atoms with Gasteiger partial charge >= 0.3 is 31.7 Å². The first-order valence-electron chi connectivity index (χ1n) is 23.8. The minimum Gasteiger partial charge on any atom is -0.549 e. The summed E-state index contributed by atoms with van der Waals surface area (Å²) in [6, 6.07) is 12.6. The number of carboxylic acid groups (broad SMARTS) is 5. The van der Waals surface area contributed by atoms with Crippen molar-refractivity contribution in [1.82, 2.24) is 44.9 Å². The SMILES string of the molecule is Nc1nc2ncc(CNc3ccc(C(=O)C[C@@H](CCC(=O)NCCCC(=S)Nc4ccc(CCC(C(=O)O)N5CCN(CC(=O)[O-])CCN(CC(=O)[O-])CCN(CC(=O)[O-])CC5)cc4)C(=O)O)cc3)nc2c(=O)[nH]1.[Ga+3]. The first-order valence-corrected chi connectivity index (χ1v) is 24.2. The van der Waals surface area contributed by atoms with Gasteiger partial charge in [-0.15, -0.1) is 0 Å². The number of thiocarbonyl (C=S) groups is 1. The number of aliphatic carboxylic acids is 5. The molecule has 1 amide bonds. The molecule has 2 aromatic heterocycles. The second-order valence-corrected chi connectivity index (χ2v) is 18.2. The molecule has 0 radical (unpaired) electrons. The number of carbonyl (C=O) groups is 7. The fourth-order valence-corrected chi connectivity index (χ4v) is 8.44. The summed E-state index contributed by atoms with van der Waals surface area (Å²) in [5, 5.41) is 63.7. The van der Waals surface area contributed by atoms with E-state index < -0.39 is 72.8 Å². The Kier molecular flexibility index (Phi) is 24.7. The van der Waals surface area contributed by atoms with Crippen molar-refractivity contribution >= 4 is 107 Å². The van der Waals surface area contributed by atoms with Crippen molar-refractivity contribution in [2.75, 3.05) is 94.9 Å². The summed E-state index contributed by atoms with van der Waals surface area (Å²) in [7, 11) is 0. The maximum atomic E-state index is 13.0. The van der Waals surface area contributed by atoms with Crippen molar-refractivity contribution in [3.8, 4) is 0 Å². The van der Waals surface area contributed by atoms with Crippen LogP contribution in [-0.2, 0) is 41.7 Å². The van der Waals surface area contributed by atoms with E-state index in [0.717, 1.165) is 5.56 Å². The van der Waals surface area contributed by atoms with Crippen LogP contribution < -0.4 is 42.6 Å². The fourth-order valence-electron chi connectivity index (χ4n) is 8.18. The van der Waals surface area contributed by atoms with Crippen LogP contribution in [0, 0.1) is 5.92 Å². The van der Waals surface area contributed by atoms with Crippen LogP contribution in [0.5, 0.6) is 0 Å². The van der Waals surface area contributed by atoms with Crippen molar-refractivity contribution in [3.63, 3.8) is 0 Å². The minimum atomic E-state index is -1.35. The number of rotatable bonds is 26. The fraction of sp³-hybridized carbons (Fsp3) is 0.458. The molecular weight excluding hydrogens is 1050 g/mol. The van der Waals surface area contributed by atoms with Gasteiger partial charge in [0.25, 0.3) is 5.56 Å². The van der Waals surface area contributed by atoms with Gasteiger partial charge in [0.2, 0.25) is 11.9 Å². The van der Waals surface area contributed by atoms with Crippen LogP contribution >= 0.6 is 12.2 Å². The summed E-state index contributed by atoms with van der Waals surface area (Å²) in [6.45, 7) is 0.128. The molecule has 0 spiro atoms. The molecule has 25 nitrogen and oxygen atoms in total. The number of carbonyl (C=O) groups excluding carboxylic acids is 5. The standard InChI is InChI=1S/C48H62N12O13S.Ga/c49-48-55-44-43(45(69)56-48)54-35(26-52-44)25-51-33-11-6-31(7-12-33)37(61)24-32(46(70)71)8-14-38(62)50-15-1-2-39(74)53-34-9-3-30(4-10-34)5-13-36(47(72)73)60-22-20-58(28-41(65)66)18-16-57(27-40(63)64)17-19-59(21-23-60)29-42(67)68;/h3-4,6-7,9-12,26,32,36,51H,1-2,5,8,13-25,27-29H2,(H,50,62)(H,53,74)(H,63,64)(H,65,66)(H,67,68)(H,70,71)(H,72,73)(H3,49,52,55,56,69);/q;+3/p-3/t32-,36?;/m1./s1. The average molecular weight is 1110 g/mol. The molecule has 2 aromatic carbocycles. The van der Waals surface area contributed by atoms with Crippen LogP contribution in [-0.4, -0.2) is 201 Å². The summed E-state index contributed by atoms with van der Waals surface area (Å²) < 4.78 is 0. The Morgan fingerprint density at radius 3 is 1.85 bits per heavy atom. The second kappa shape index (κ2) is 30.5. The van der Waals surface area contributed by atoms with Crippen LogP contribution in [0.25, 0.3) is 11.2 Å². The third kappa shape index (κ3) is 21.1. The molecule has 1 aliphatic rings. The number of nitrogens with zero attached hydrogens (tertiary/aromatic N) is 7. The Labute approximate surface area is 449 Å². The number of ketones is 1. The summed E-state index contributed by atoms with van der Waals surface area (Å²) in [4.78, 5) is 119. The number of anilines is 3. The van der Waals surface area contributed by atoms with E-state index in [0.29, 0.717) is 46.9 Å². The molecule has 0 aliphatic carbocycles. The topological polar surface area (TPSA) is 376 Å². The van der Waals surface area contributed by atoms with E-state index in [1.54, 1.807) is 51.1 Å². The zero-order valence-electron chi connectivity index (χ0n) is 41.1. The Morgan fingerprint density at radius 2 is 1.31 bits per heavy atom. The molecule has 8 N–H and O–H groups in total. The monoisotopic (exact) mass is 1110 g/mol. The summed E-state index contributed by atoms with van der Waals surface area (Å²) in [5.41, 5.74) is 8.06. The van der Waals surface area contributed by atoms with Gasteiger partial charge < -0.3 is 61.6 Å². The molecule has 1 aliphatic heterocycles. The van der Waals surface area contributed by atoms with Gasteiger partial charge in [0, 0.05) is 108 Å². The third-order valence-electron chi connectivity index (χ3n) is 12.2. The van der Waals surface area contributed by atoms with Crippen molar-refractivity contribution in [1.29, 1.82) is 0 Å². The number of benzene rings is 2. The molecule has 2 atom stereocenters. The largest absolute Gasteiger partial charge is 3.00 e. The van der Waals surface area contributed by atoms with Gasteiger partial charge in [0.15, 0.2) is 16.9 Å². The molecule has 0 saturated carbocycles. The quantitative estimate of drug-likeness (QED) is 0.0141. The summed E-state index contributed by atoms with van der Waals surface area (Å²) in [5.74, 6) is -8.28. The Morgan fingerprint density at radius 1 is 0.747 bits per heavy atom. The molecule has 0 bridgehead atoms. The average Bonchev–Trinajstić information content (AvgIpc) is 3.34. The number of aryl methyl sites for hydroxylation is 1. The van der Waals surface area contributed by atoms with Gasteiger partial charge in [-0.3, -0.25) is 48.6 Å². The smallest absolute Gasteiger partial charge is 0.549 e. The number of H-pyrrole nitrogens is 1. The van der Waals surface area contributed by atoms with Crippen molar-refractivity contribution in [3.05, 3.63) is 81.9 Å². The number of nitrogen functional groups attached to an aromatic ring is 1. The molecule has 3 heterocycles. The van der Waals surface area contributed by atoms with Crippen LogP contribution in [0.2, 0.25) is 0 Å². The Bertz CT molecular complexity index is 2650. The first-order chi connectivity index (χ1) is 35.3. The minimum absolute atomic E-state index is 0. The molecule has 27 heteroatoms. The Balaban J connectivity index is 0.0000122. The summed E-state index contributed by atoms with van der Waals surface area (Å²) >= 11 is 5.51. The van der Waals surface area contributed by atoms with E-state index in [2.05, 4.69) is 35.9 Å². The predicted octanol–water partition coefficient (Wildman–Crippen LogP) is -3.23. The number of hydrogen-bond acceptors (Lipinski definition) is 21. The zero-order chi connectivity index (χ0) is 53.7. The number of carboxylic acids is 5. The molecule has 1 unspecified atom stereocenters. The number of aromatic amines is 1. The second-order valence-electron chi connectivity index (χ2n) is 17.7. The number of Topliss-reactive ketones (excluding diaryl/α,β-unsaturated/α-hetero) is 1. The van der Waals surface area contributed by atoms with Crippen molar-refractivity contribution in [2.24, 2.45) is 5.92 Å². The maximum Gasteiger partial charge on any atom is 3.00 e. The van der Waals surface area contributed by atoms with Crippen LogP contribution in [0.15, 0.2) is 59.5 Å². The van der Waals surface area contributed by atoms with Gasteiger partial charge in [-0.25, -0.2) is 9.97 Å². The molecule has 4 aromatic rings. The van der Waals surface area contributed by atoms with E-state index in [9.17, 15) is 63.9 Å². The number of nitrogens with two attached hydrogens (primary N) is 1. The normalized spacial score (nSPS) is 15.0. The van der Waals surface area contributed by atoms with Crippen molar-refractivity contribution < 1.29 is 59.1 Å². The Hall–Kier alpha value is -6.88. The molecular formula is C48H59GaN12O13S. The predicted molar refractivity (Wildman–Crippen MR) is 272 cm³/mol. The van der Waals surface area contributed by atoms with Gasteiger partial charge in [0.1, 0.15) is 6.04 Å². The van der Waals surface area contributed by atoms with Gasteiger partial charge in [0.05, 0.1) is 47.2 Å². The number of nitrogens with one attached hydrogen (secondary N) is 4. The van der Waals surface area contributed by atoms with E-state index in [1.807, 2.05) is 12.1 Å². The van der Waals surface area contributed by atoms with Gasteiger partial charge in [-0.05, 0) is 74.1 Å². The van der Waals surface area contributed by atoms with E-state index >= 15 is 0 Å². The van der Waals surface area contributed by atoms with E-state index in [1.165, 1.54) is 11.1 Å². The number of amides is 1. The van der Waals surface area contributed by atoms with E-state index in [-0.39, 0.29) is 134 Å². The van der Waals surface area contributed by atoms with Gasteiger partial charge in [-0.1, -0.05) is 24.4 Å². The molecule has 75 heavy (non-hydrogen) atoms. The third-order valence-corrected chi connectivity index (χ3v) is 12.5. The first kappa shape index (κ1) is 60.7. The number of hydrogen-bond donors (Lipinski definition) is 7. The van der Waals surface area contributed by atoms with E-state index in [4.69, 9.17) is 18.0 Å². The van der Waals surface area contributed by atoms with Crippen LogP contribution in [0.4, 0.5) is 17.3 Å². The molecule has 1 fully saturated rings. The molecule has 5 rings (SSSR count). The van der Waals surface area contributed by atoms with Gasteiger partial charge in [-0.2, -0.15) is 4.98 Å². The number of aromatic nitrogens is 4.